The van der Waals surface area contributed by atoms with Crippen molar-refractivity contribution >= 4 is 11.9 Å². The van der Waals surface area contributed by atoms with Crippen molar-refractivity contribution in [2.75, 3.05) is 0 Å². The first-order valence-corrected chi connectivity index (χ1v) is 9.50. The normalized spacial score (nSPS) is 36.6. The van der Waals surface area contributed by atoms with E-state index in [-0.39, 0.29) is 6.42 Å². The fourth-order valence-corrected chi connectivity index (χ4v) is 4.41. The van der Waals surface area contributed by atoms with Crippen LogP contribution in [0, 0.1) is 11.8 Å². The highest BCUT2D eigenvalue weighted by Gasteiger charge is 2.70. The number of carboxylic acid groups (broad SMARTS) is 1. The molecule has 0 saturated carbocycles. The summed E-state index contributed by atoms with van der Waals surface area (Å²) in [5, 5.41) is 44.7. The second-order valence-electron chi connectivity index (χ2n) is 7.76. The largest absolute Gasteiger partial charge is 0.479 e. The summed E-state index contributed by atoms with van der Waals surface area (Å²) in [4.78, 5) is 24.7. The maximum Gasteiger partial charge on any atom is 0.335 e. The number of aliphatic carboxylic acids is 1. The second-order valence-corrected chi connectivity index (χ2v) is 7.76. The molecule has 1 heterocycles. The number of aliphatic hydroxyl groups is 3. The van der Waals surface area contributed by atoms with Gasteiger partial charge in [0.05, 0.1) is 18.1 Å². The molecular weight excluding hydrogens is 338 g/mol. The van der Waals surface area contributed by atoms with Crippen LogP contribution in [0.3, 0.4) is 0 Å². The third kappa shape index (κ3) is 3.40. The molecule has 26 heavy (non-hydrogen) atoms. The summed E-state index contributed by atoms with van der Waals surface area (Å²) in [6.07, 6.45) is 5.93. The molecule has 2 unspecified atom stereocenters. The molecule has 0 radical (unpaired) electrons. The van der Waals surface area contributed by atoms with E-state index >= 15 is 0 Å². The number of nitrogens with one attached hydrogen (secondary N) is 1. The molecule has 7 nitrogen and oxygen atoms in total. The topological polar surface area (TPSA) is 127 Å². The summed E-state index contributed by atoms with van der Waals surface area (Å²) in [6, 6.07) is 0. The summed E-state index contributed by atoms with van der Waals surface area (Å²) in [5.74, 6) is -4.02. The Labute approximate surface area is 154 Å². The van der Waals surface area contributed by atoms with E-state index in [0.29, 0.717) is 12.8 Å². The molecule has 6 atom stereocenters. The van der Waals surface area contributed by atoms with Crippen LogP contribution in [-0.2, 0) is 9.59 Å². The standard InChI is InChI=1S/C19H31NO6/c1-3-4-6-11-13(21)14-16(23)20-19(17(24)25,18(14,2)26)15(22)12-9-7-5-8-10-12/h7,9,12-15,21-22,26H,3-6,8,10-11H2,1-2H3,(H,20,23)(H,24,25)/t12-,13?,14+,15?,18+,19+/m1/s1. The number of aliphatic hydroxyl groups excluding tert-OH is 2. The molecule has 1 saturated heterocycles. The van der Waals surface area contributed by atoms with E-state index in [1.807, 2.05) is 13.0 Å². The zero-order valence-electron chi connectivity index (χ0n) is 15.5. The number of allylic oxidation sites excluding steroid dienone is 1. The number of unbranched alkanes of at least 4 members (excludes halogenated alkanes) is 2. The smallest absolute Gasteiger partial charge is 0.335 e. The second kappa shape index (κ2) is 8.06. The van der Waals surface area contributed by atoms with Crippen molar-refractivity contribution in [2.45, 2.75) is 82.1 Å². The Bertz CT molecular complexity index is 560. The summed E-state index contributed by atoms with van der Waals surface area (Å²) in [6.45, 7) is 3.23. The van der Waals surface area contributed by atoms with Crippen LogP contribution in [-0.4, -0.2) is 55.7 Å². The Kier molecular flexibility index (Phi) is 6.47. The molecule has 0 aromatic carbocycles. The fourth-order valence-electron chi connectivity index (χ4n) is 4.41. The summed E-state index contributed by atoms with van der Waals surface area (Å²) in [7, 11) is 0. The molecule has 0 aromatic rings. The lowest BCUT2D eigenvalue weighted by Gasteiger charge is -2.43. The zero-order valence-corrected chi connectivity index (χ0v) is 15.5. The lowest BCUT2D eigenvalue weighted by Crippen LogP contribution is -2.70. The third-order valence-corrected chi connectivity index (χ3v) is 5.97. The van der Waals surface area contributed by atoms with Crippen LogP contribution in [0.2, 0.25) is 0 Å². The Morgan fingerprint density at radius 2 is 2.08 bits per heavy atom. The molecule has 148 valence electrons. The fraction of sp³-hybridized carbons (Fsp3) is 0.789. The predicted molar refractivity (Wildman–Crippen MR) is 95.3 cm³/mol. The van der Waals surface area contributed by atoms with Gasteiger partial charge in [-0.2, -0.15) is 0 Å². The van der Waals surface area contributed by atoms with E-state index in [2.05, 4.69) is 5.32 Å². The Balaban J connectivity index is 2.34. The molecule has 0 spiro atoms. The van der Waals surface area contributed by atoms with Gasteiger partial charge in [0.2, 0.25) is 5.91 Å². The monoisotopic (exact) mass is 369 g/mol. The molecule has 1 aliphatic heterocycles. The molecule has 1 fully saturated rings. The quantitative estimate of drug-likeness (QED) is 0.320. The number of carbonyl (C=O) groups is 2. The van der Waals surface area contributed by atoms with Crippen LogP contribution in [0.4, 0.5) is 0 Å². The first kappa shape index (κ1) is 20.9. The van der Waals surface area contributed by atoms with Crippen LogP contribution in [0.5, 0.6) is 0 Å². The van der Waals surface area contributed by atoms with E-state index in [9.17, 15) is 30.0 Å². The van der Waals surface area contributed by atoms with E-state index in [1.165, 1.54) is 6.92 Å². The number of carboxylic acids is 1. The summed E-state index contributed by atoms with van der Waals surface area (Å²) in [5.41, 5.74) is -4.39. The van der Waals surface area contributed by atoms with Gasteiger partial charge in [0.1, 0.15) is 5.60 Å². The van der Waals surface area contributed by atoms with E-state index < -0.39 is 47.1 Å². The van der Waals surface area contributed by atoms with Crippen molar-refractivity contribution in [3.8, 4) is 0 Å². The van der Waals surface area contributed by atoms with Crippen molar-refractivity contribution in [1.82, 2.24) is 5.32 Å². The Hall–Kier alpha value is -1.44. The number of hydrogen-bond donors (Lipinski definition) is 5. The van der Waals surface area contributed by atoms with Crippen LogP contribution in [0.25, 0.3) is 0 Å². The SMILES string of the molecule is CCCCCC(O)[C@H]1C(=O)N[C@](C(=O)O)(C(O)[C@@H]2C=CCCC2)[C@@]1(C)O. The first-order chi connectivity index (χ1) is 12.2. The van der Waals surface area contributed by atoms with Crippen molar-refractivity contribution in [2.24, 2.45) is 11.8 Å². The van der Waals surface area contributed by atoms with Crippen molar-refractivity contribution in [3.05, 3.63) is 12.2 Å². The van der Waals surface area contributed by atoms with Crippen molar-refractivity contribution < 1.29 is 30.0 Å². The maximum absolute atomic E-state index is 12.5. The Morgan fingerprint density at radius 1 is 1.38 bits per heavy atom. The van der Waals surface area contributed by atoms with Crippen LogP contribution < -0.4 is 5.32 Å². The van der Waals surface area contributed by atoms with Gasteiger partial charge >= 0.3 is 5.97 Å². The Morgan fingerprint density at radius 3 is 2.62 bits per heavy atom. The van der Waals surface area contributed by atoms with Gasteiger partial charge < -0.3 is 25.7 Å². The average molecular weight is 369 g/mol. The van der Waals surface area contributed by atoms with E-state index in [1.54, 1.807) is 6.08 Å². The third-order valence-electron chi connectivity index (χ3n) is 5.97. The number of carbonyl (C=O) groups excluding carboxylic acids is 1. The molecule has 7 heteroatoms. The minimum absolute atomic E-state index is 0.289. The highest BCUT2D eigenvalue weighted by Crippen LogP contribution is 2.44. The van der Waals surface area contributed by atoms with Crippen LogP contribution in [0.15, 0.2) is 12.2 Å². The molecule has 2 aliphatic rings. The van der Waals surface area contributed by atoms with Gasteiger partial charge in [-0.3, -0.25) is 4.79 Å². The van der Waals surface area contributed by atoms with Gasteiger partial charge in [-0.1, -0.05) is 38.3 Å². The minimum Gasteiger partial charge on any atom is -0.479 e. The van der Waals surface area contributed by atoms with Gasteiger partial charge in [-0.05, 0) is 32.6 Å². The maximum atomic E-state index is 12.5. The highest BCUT2D eigenvalue weighted by atomic mass is 16.4. The van der Waals surface area contributed by atoms with Crippen molar-refractivity contribution in [1.29, 1.82) is 0 Å². The number of amides is 1. The molecule has 5 N–H and O–H groups in total. The van der Waals surface area contributed by atoms with Gasteiger partial charge in [0, 0.05) is 5.92 Å². The van der Waals surface area contributed by atoms with E-state index in [0.717, 1.165) is 25.7 Å². The average Bonchev–Trinajstić information content (AvgIpc) is 2.81. The molecule has 0 aromatic heterocycles. The molecule has 0 bridgehead atoms. The van der Waals surface area contributed by atoms with Gasteiger partial charge in [-0.15, -0.1) is 0 Å². The van der Waals surface area contributed by atoms with Crippen molar-refractivity contribution in [3.63, 3.8) is 0 Å². The lowest BCUT2D eigenvalue weighted by atomic mass is 9.67. The van der Waals surface area contributed by atoms with Gasteiger partial charge in [0.15, 0.2) is 5.54 Å². The highest BCUT2D eigenvalue weighted by molar-refractivity contribution is 5.96. The van der Waals surface area contributed by atoms with Crippen LogP contribution >= 0.6 is 0 Å². The minimum atomic E-state index is -2.26. The van der Waals surface area contributed by atoms with Gasteiger partial charge in [0.25, 0.3) is 0 Å². The van der Waals surface area contributed by atoms with Gasteiger partial charge in [-0.25, -0.2) is 4.79 Å². The molecular formula is C19H31NO6. The molecule has 1 amide bonds. The molecule has 1 aliphatic carbocycles. The first-order valence-electron chi connectivity index (χ1n) is 9.50. The number of hydrogen-bond acceptors (Lipinski definition) is 5. The zero-order chi connectivity index (χ0) is 19.5. The van der Waals surface area contributed by atoms with E-state index in [4.69, 9.17) is 0 Å². The predicted octanol–water partition coefficient (Wildman–Crippen LogP) is 0.965. The number of rotatable bonds is 8. The summed E-state index contributed by atoms with van der Waals surface area (Å²) >= 11 is 0. The molecule has 2 rings (SSSR count). The summed E-state index contributed by atoms with van der Waals surface area (Å²) < 4.78 is 0. The lowest BCUT2D eigenvalue weighted by molar-refractivity contribution is -0.173. The van der Waals surface area contributed by atoms with Crippen LogP contribution in [0.1, 0.15) is 58.8 Å².